The van der Waals surface area contributed by atoms with Crippen molar-refractivity contribution in [1.82, 2.24) is 10.2 Å². The van der Waals surface area contributed by atoms with Crippen LogP contribution >= 0.6 is 0 Å². The Morgan fingerprint density at radius 1 is 1.37 bits per heavy atom. The van der Waals surface area contributed by atoms with Gasteiger partial charge < -0.3 is 10.1 Å². The molecule has 0 aromatic rings. The second-order valence-electron chi connectivity index (χ2n) is 7.49. The van der Waals surface area contributed by atoms with Crippen molar-refractivity contribution in [1.29, 1.82) is 0 Å². The van der Waals surface area contributed by atoms with Crippen LogP contribution < -0.4 is 5.32 Å². The molecule has 4 nitrogen and oxygen atoms in total. The first-order chi connectivity index (χ1) is 8.76. The SMILES string of the molecule is CC1(C)CCN(CC(=O)N[C@H]2CCOC(C)(C)C2)C1. The van der Waals surface area contributed by atoms with Crippen molar-refractivity contribution in [2.45, 2.75) is 58.6 Å². The molecule has 0 aromatic carbocycles. The number of carbonyl (C=O) groups excluding carboxylic acids is 1. The molecule has 2 aliphatic heterocycles. The van der Waals surface area contributed by atoms with Gasteiger partial charge in [-0.15, -0.1) is 0 Å². The van der Waals surface area contributed by atoms with Crippen LogP contribution in [0.1, 0.15) is 47.0 Å². The van der Waals surface area contributed by atoms with Crippen molar-refractivity contribution in [3.8, 4) is 0 Å². The zero-order chi connectivity index (χ0) is 14.1. The summed E-state index contributed by atoms with van der Waals surface area (Å²) in [5.74, 6) is 0.167. The van der Waals surface area contributed by atoms with E-state index in [9.17, 15) is 4.79 Å². The molecule has 2 saturated heterocycles. The first kappa shape index (κ1) is 14.8. The Labute approximate surface area is 116 Å². The highest BCUT2D eigenvalue weighted by Crippen LogP contribution is 2.28. The number of likely N-dealkylation sites (tertiary alicyclic amines) is 1. The molecule has 19 heavy (non-hydrogen) atoms. The molecule has 1 amide bonds. The minimum atomic E-state index is -0.105. The molecule has 2 heterocycles. The van der Waals surface area contributed by atoms with E-state index in [-0.39, 0.29) is 17.6 Å². The van der Waals surface area contributed by atoms with E-state index in [1.54, 1.807) is 0 Å². The fraction of sp³-hybridized carbons (Fsp3) is 0.933. The Balaban J connectivity index is 1.76. The average molecular weight is 268 g/mol. The average Bonchev–Trinajstić information content (AvgIpc) is 2.56. The minimum absolute atomic E-state index is 0.105. The topological polar surface area (TPSA) is 41.6 Å². The molecule has 110 valence electrons. The van der Waals surface area contributed by atoms with Gasteiger partial charge in [-0.3, -0.25) is 9.69 Å². The van der Waals surface area contributed by atoms with Crippen molar-refractivity contribution in [3.05, 3.63) is 0 Å². The maximum absolute atomic E-state index is 12.1. The van der Waals surface area contributed by atoms with E-state index in [0.717, 1.165) is 32.5 Å². The van der Waals surface area contributed by atoms with Gasteiger partial charge in [0.2, 0.25) is 5.91 Å². The lowest BCUT2D eigenvalue weighted by Crippen LogP contribution is -2.48. The van der Waals surface area contributed by atoms with Gasteiger partial charge in [-0.25, -0.2) is 0 Å². The van der Waals surface area contributed by atoms with Gasteiger partial charge in [0.25, 0.3) is 0 Å². The number of ether oxygens (including phenoxy) is 1. The summed E-state index contributed by atoms with van der Waals surface area (Å²) in [6, 6.07) is 0.270. The van der Waals surface area contributed by atoms with E-state index in [2.05, 4.69) is 37.9 Å². The Bertz CT molecular complexity index is 339. The molecule has 2 aliphatic rings. The zero-order valence-corrected chi connectivity index (χ0v) is 12.8. The number of amides is 1. The standard InChI is InChI=1S/C15H28N2O2/c1-14(2)6-7-17(11-14)10-13(18)16-12-5-8-19-15(3,4)9-12/h12H,5-11H2,1-4H3,(H,16,18)/t12-/m0/s1. The third kappa shape index (κ3) is 4.46. The summed E-state index contributed by atoms with van der Waals surface area (Å²) in [5.41, 5.74) is 0.257. The van der Waals surface area contributed by atoms with Crippen LogP contribution in [0.5, 0.6) is 0 Å². The molecule has 0 saturated carbocycles. The summed E-state index contributed by atoms with van der Waals surface area (Å²) >= 11 is 0. The Kier molecular flexibility index (Phi) is 4.21. The first-order valence-corrected chi connectivity index (χ1v) is 7.41. The van der Waals surface area contributed by atoms with Crippen LogP contribution in [-0.4, -0.2) is 48.7 Å². The highest BCUT2D eigenvalue weighted by Gasteiger charge is 2.32. The molecule has 4 heteroatoms. The van der Waals surface area contributed by atoms with E-state index >= 15 is 0 Å². The number of carbonyl (C=O) groups is 1. The van der Waals surface area contributed by atoms with Crippen molar-refractivity contribution >= 4 is 5.91 Å². The molecule has 0 aliphatic carbocycles. The predicted octanol–water partition coefficient (Wildman–Crippen LogP) is 1.79. The minimum Gasteiger partial charge on any atom is -0.375 e. The van der Waals surface area contributed by atoms with Gasteiger partial charge in [0.1, 0.15) is 0 Å². The number of rotatable bonds is 3. The van der Waals surface area contributed by atoms with Gasteiger partial charge in [-0.1, -0.05) is 13.8 Å². The third-order valence-corrected chi connectivity index (χ3v) is 4.19. The molecule has 1 atom stereocenters. The summed E-state index contributed by atoms with van der Waals surface area (Å²) in [6.45, 7) is 12.1. The van der Waals surface area contributed by atoms with Crippen molar-refractivity contribution in [2.75, 3.05) is 26.2 Å². The van der Waals surface area contributed by atoms with Gasteiger partial charge in [0.05, 0.1) is 12.1 Å². The van der Waals surface area contributed by atoms with Crippen molar-refractivity contribution < 1.29 is 9.53 Å². The monoisotopic (exact) mass is 268 g/mol. The lowest BCUT2D eigenvalue weighted by molar-refractivity contribution is -0.125. The largest absolute Gasteiger partial charge is 0.375 e. The van der Waals surface area contributed by atoms with Crippen LogP contribution in [0.15, 0.2) is 0 Å². The summed E-state index contributed by atoms with van der Waals surface area (Å²) in [4.78, 5) is 14.4. The molecule has 0 bridgehead atoms. The fourth-order valence-electron chi connectivity index (χ4n) is 3.19. The molecular weight excluding hydrogens is 240 g/mol. The molecule has 2 rings (SSSR count). The smallest absolute Gasteiger partial charge is 0.234 e. The van der Waals surface area contributed by atoms with E-state index in [1.807, 2.05) is 0 Å². The van der Waals surface area contributed by atoms with Gasteiger partial charge in [-0.2, -0.15) is 0 Å². The Hall–Kier alpha value is -0.610. The summed E-state index contributed by atoms with van der Waals surface area (Å²) in [7, 11) is 0. The summed E-state index contributed by atoms with van der Waals surface area (Å²) < 4.78 is 5.68. The summed E-state index contributed by atoms with van der Waals surface area (Å²) in [5, 5.41) is 3.17. The highest BCUT2D eigenvalue weighted by atomic mass is 16.5. The number of nitrogens with zero attached hydrogens (tertiary/aromatic N) is 1. The van der Waals surface area contributed by atoms with Gasteiger partial charge in [-0.05, 0) is 45.1 Å². The molecule has 0 spiro atoms. The van der Waals surface area contributed by atoms with Crippen LogP contribution in [-0.2, 0) is 9.53 Å². The lowest BCUT2D eigenvalue weighted by atomic mass is 9.93. The predicted molar refractivity (Wildman–Crippen MR) is 76.0 cm³/mol. The van der Waals surface area contributed by atoms with Gasteiger partial charge >= 0.3 is 0 Å². The Morgan fingerprint density at radius 3 is 2.68 bits per heavy atom. The molecule has 0 aromatic heterocycles. The van der Waals surface area contributed by atoms with E-state index in [1.165, 1.54) is 6.42 Å². The van der Waals surface area contributed by atoms with Crippen LogP contribution in [0.3, 0.4) is 0 Å². The molecule has 2 fully saturated rings. The molecule has 1 N–H and O–H groups in total. The zero-order valence-electron chi connectivity index (χ0n) is 12.8. The number of hydrogen-bond donors (Lipinski definition) is 1. The second-order valence-corrected chi connectivity index (χ2v) is 7.49. The lowest BCUT2D eigenvalue weighted by Gasteiger charge is -2.36. The Morgan fingerprint density at radius 2 is 2.11 bits per heavy atom. The molecule has 0 radical (unpaired) electrons. The highest BCUT2D eigenvalue weighted by molar-refractivity contribution is 5.78. The van der Waals surface area contributed by atoms with Crippen LogP contribution in [0, 0.1) is 5.41 Å². The normalized spacial score (nSPS) is 30.2. The second kappa shape index (κ2) is 5.41. The quantitative estimate of drug-likeness (QED) is 0.848. The molecule has 0 unspecified atom stereocenters. The van der Waals surface area contributed by atoms with Crippen LogP contribution in [0.25, 0.3) is 0 Å². The van der Waals surface area contributed by atoms with Crippen molar-refractivity contribution in [3.63, 3.8) is 0 Å². The summed E-state index contributed by atoms with van der Waals surface area (Å²) in [6.07, 6.45) is 3.02. The number of nitrogens with one attached hydrogen (secondary N) is 1. The van der Waals surface area contributed by atoms with E-state index in [0.29, 0.717) is 12.0 Å². The fourth-order valence-corrected chi connectivity index (χ4v) is 3.19. The van der Waals surface area contributed by atoms with Crippen LogP contribution in [0.4, 0.5) is 0 Å². The van der Waals surface area contributed by atoms with Crippen molar-refractivity contribution in [2.24, 2.45) is 5.41 Å². The van der Waals surface area contributed by atoms with Gasteiger partial charge in [0.15, 0.2) is 0 Å². The van der Waals surface area contributed by atoms with Crippen LogP contribution in [0.2, 0.25) is 0 Å². The number of hydrogen-bond acceptors (Lipinski definition) is 3. The van der Waals surface area contributed by atoms with Gasteiger partial charge in [0, 0.05) is 19.2 Å². The maximum Gasteiger partial charge on any atom is 0.234 e. The van der Waals surface area contributed by atoms with E-state index < -0.39 is 0 Å². The first-order valence-electron chi connectivity index (χ1n) is 7.41. The third-order valence-electron chi connectivity index (χ3n) is 4.19. The maximum atomic E-state index is 12.1. The van der Waals surface area contributed by atoms with E-state index in [4.69, 9.17) is 4.74 Å². The molecular formula is C15H28N2O2.